The molecule has 0 saturated heterocycles. The molecular formula is C14H15ClFN3O. The average Bonchev–Trinajstić information content (AvgIpc) is 2.46. The van der Waals surface area contributed by atoms with E-state index in [1.54, 1.807) is 25.4 Å². The first-order valence-corrected chi connectivity index (χ1v) is 6.42. The predicted molar refractivity (Wildman–Crippen MR) is 76.0 cm³/mol. The highest BCUT2D eigenvalue weighted by molar-refractivity contribution is 6.31. The van der Waals surface area contributed by atoms with Gasteiger partial charge in [-0.05, 0) is 30.2 Å². The predicted octanol–water partition coefficient (Wildman–Crippen LogP) is 2.63. The number of methoxy groups -OCH3 is 1. The van der Waals surface area contributed by atoms with Gasteiger partial charge in [-0.15, -0.1) is 0 Å². The number of benzene rings is 1. The fourth-order valence-corrected chi connectivity index (χ4v) is 2.25. The van der Waals surface area contributed by atoms with E-state index in [9.17, 15) is 4.39 Å². The summed E-state index contributed by atoms with van der Waals surface area (Å²) in [4.78, 5) is 4.13. The van der Waals surface area contributed by atoms with Crippen LogP contribution in [0.4, 0.5) is 4.39 Å². The number of nitrogens with two attached hydrogens (primary N) is 1. The molecule has 2 rings (SSSR count). The number of hydrazine groups is 1. The van der Waals surface area contributed by atoms with Crippen molar-refractivity contribution in [3.63, 3.8) is 0 Å². The van der Waals surface area contributed by atoms with Gasteiger partial charge in [-0.2, -0.15) is 0 Å². The van der Waals surface area contributed by atoms with Crippen molar-refractivity contribution >= 4 is 11.6 Å². The SMILES string of the molecule is COc1ncccc1C(Cc1ccc(F)cc1Cl)NN. The van der Waals surface area contributed by atoms with Crippen molar-refractivity contribution in [1.82, 2.24) is 10.4 Å². The van der Waals surface area contributed by atoms with E-state index >= 15 is 0 Å². The van der Waals surface area contributed by atoms with Crippen molar-refractivity contribution in [2.45, 2.75) is 12.5 Å². The van der Waals surface area contributed by atoms with E-state index < -0.39 is 0 Å². The van der Waals surface area contributed by atoms with Gasteiger partial charge in [-0.25, -0.2) is 9.37 Å². The van der Waals surface area contributed by atoms with Crippen LogP contribution < -0.4 is 16.0 Å². The Kier molecular flexibility index (Phi) is 4.89. The lowest BCUT2D eigenvalue weighted by Gasteiger charge is -2.18. The number of pyridine rings is 1. The first-order valence-electron chi connectivity index (χ1n) is 6.04. The Bertz CT molecular complexity index is 594. The van der Waals surface area contributed by atoms with Crippen LogP contribution >= 0.6 is 11.6 Å². The highest BCUT2D eigenvalue weighted by atomic mass is 35.5. The summed E-state index contributed by atoms with van der Waals surface area (Å²) >= 11 is 6.04. The number of hydrogen-bond acceptors (Lipinski definition) is 4. The van der Waals surface area contributed by atoms with Gasteiger partial charge in [0.25, 0.3) is 0 Å². The zero-order valence-corrected chi connectivity index (χ0v) is 11.7. The second-order valence-electron chi connectivity index (χ2n) is 4.26. The molecule has 3 N–H and O–H groups in total. The van der Waals surface area contributed by atoms with Crippen molar-refractivity contribution < 1.29 is 9.13 Å². The molecule has 0 fully saturated rings. The minimum atomic E-state index is -0.366. The average molecular weight is 296 g/mol. The number of halogens is 2. The van der Waals surface area contributed by atoms with Crippen LogP contribution in [0.15, 0.2) is 36.5 Å². The van der Waals surface area contributed by atoms with Crippen molar-refractivity contribution in [1.29, 1.82) is 0 Å². The van der Waals surface area contributed by atoms with E-state index in [1.165, 1.54) is 12.1 Å². The molecule has 1 aromatic carbocycles. The maximum absolute atomic E-state index is 13.1. The molecule has 0 amide bonds. The normalized spacial score (nSPS) is 12.2. The van der Waals surface area contributed by atoms with E-state index in [1.807, 2.05) is 6.07 Å². The summed E-state index contributed by atoms with van der Waals surface area (Å²) in [5.41, 5.74) is 4.32. The molecule has 0 saturated carbocycles. The Morgan fingerprint density at radius 1 is 1.45 bits per heavy atom. The van der Waals surface area contributed by atoms with E-state index in [4.69, 9.17) is 22.2 Å². The first-order chi connectivity index (χ1) is 9.65. The second kappa shape index (κ2) is 6.65. The van der Waals surface area contributed by atoms with Crippen LogP contribution in [-0.4, -0.2) is 12.1 Å². The number of nitrogens with zero attached hydrogens (tertiary/aromatic N) is 1. The van der Waals surface area contributed by atoms with Gasteiger partial charge in [0, 0.05) is 16.8 Å². The number of nitrogens with one attached hydrogen (secondary N) is 1. The molecule has 0 spiro atoms. The van der Waals surface area contributed by atoms with Crippen molar-refractivity contribution in [3.05, 3.63) is 58.5 Å². The zero-order valence-electron chi connectivity index (χ0n) is 10.9. The number of ether oxygens (including phenoxy) is 1. The van der Waals surface area contributed by atoms with E-state index in [2.05, 4.69) is 10.4 Å². The van der Waals surface area contributed by atoms with Gasteiger partial charge < -0.3 is 4.74 Å². The van der Waals surface area contributed by atoms with Gasteiger partial charge in [-0.1, -0.05) is 23.7 Å². The van der Waals surface area contributed by atoms with Gasteiger partial charge >= 0.3 is 0 Å². The van der Waals surface area contributed by atoms with E-state index in [0.29, 0.717) is 17.3 Å². The Balaban J connectivity index is 2.29. The van der Waals surface area contributed by atoms with Gasteiger partial charge in [-0.3, -0.25) is 11.3 Å². The zero-order chi connectivity index (χ0) is 14.5. The minimum Gasteiger partial charge on any atom is -0.481 e. The fourth-order valence-electron chi connectivity index (χ4n) is 2.00. The Labute approximate surface area is 121 Å². The summed E-state index contributed by atoms with van der Waals surface area (Å²) in [6, 6.07) is 7.73. The van der Waals surface area contributed by atoms with Crippen LogP contribution in [-0.2, 0) is 6.42 Å². The fraction of sp³-hybridized carbons (Fsp3) is 0.214. The molecule has 1 unspecified atom stereocenters. The largest absolute Gasteiger partial charge is 0.481 e. The van der Waals surface area contributed by atoms with Crippen LogP contribution in [0, 0.1) is 5.82 Å². The van der Waals surface area contributed by atoms with Crippen LogP contribution in [0.5, 0.6) is 5.88 Å². The van der Waals surface area contributed by atoms with Crippen molar-refractivity contribution in [2.24, 2.45) is 5.84 Å². The monoisotopic (exact) mass is 295 g/mol. The smallest absolute Gasteiger partial charge is 0.217 e. The van der Waals surface area contributed by atoms with E-state index in [0.717, 1.165) is 11.1 Å². The lowest BCUT2D eigenvalue weighted by molar-refractivity contribution is 0.382. The summed E-state index contributed by atoms with van der Waals surface area (Å²) in [6.07, 6.45) is 2.14. The molecule has 0 aliphatic carbocycles. The third-order valence-electron chi connectivity index (χ3n) is 3.01. The molecule has 1 heterocycles. The minimum absolute atomic E-state index is 0.235. The Hall–Kier alpha value is -1.69. The van der Waals surface area contributed by atoms with Crippen LogP contribution in [0.3, 0.4) is 0 Å². The summed E-state index contributed by atoms with van der Waals surface area (Å²) in [5.74, 6) is 5.73. The highest BCUT2D eigenvalue weighted by Gasteiger charge is 2.17. The molecule has 20 heavy (non-hydrogen) atoms. The highest BCUT2D eigenvalue weighted by Crippen LogP contribution is 2.27. The third kappa shape index (κ3) is 3.25. The maximum atomic E-state index is 13.1. The number of hydrogen-bond donors (Lipinski definition) is 2. The molecule has 2 aromatic rings. The van der Waals surface area contributed by atoms with Gasteiger partial charge in [0.15, 0.2) is 0 Å². The third-order valence-corrected chi connectivity index (χ3v) is 3.36. The number of aromatic nitrogens is 1. The van der Waals surface area contributed by atoms with Crippen molar-refractivity contribution in [2.75, 3.05) is 7.11 Å². The maximum Gasteiger partial charge on any atom is 0.217 e. The standard InChI is InChI=1S/C14H15ClFN3O/c1-20-14-11(3-2-6-18-14)13(19-17)7-9-4-5-10(16)8-12(9)15/h2-6,8,13,19H,7,17H2,1H3. The van der Waals surface area contributed by atoms with E-state index in [-0.39, 0.29) is 11.9 Å². The molecule has 1 aromatic heterocycles. The molecule has 6 heteroatoms. The molecule has 0 radical (unpaired) electrons. The molecule has 0 aliphatic rings. The molecule has 1 atom stereocenters. The quantitative estimate of drug-likeness (QED) is 0.657. The lowest BCUT2D eigenvalue weighted by atomic mass is 10.00. The second-order valence-corrected chi connectivity index (χ2v) is 4.67. The topological polar surface area (TPSA) is 60.2 Å². The van der Waals surface area contributed by atoms with Crippen LogP contribution in [0.2, 0.25) is 5.02 Å². The Morgan fingerprint density at radius 2 is 2.25 bits per heavy atom. The molecule has 0 aliphatic heterocycles. The summed E-state index contributed by atoms with van der Waals surface area (Å²) in [5, 5.41) is 0.369. The molecule has 4 nitrogen and oxygen atoms in total. The Morgan fingerprint density at radius 3 is 2.90 bits per heavy atom. The molecular weight excluding hydrogens is 281 g/mol. The summed E-state index contributed by atoms with van der Waals surface area (Å²) in [7, 11) is 1.55. The van der Waals surface area contributed by atoms with Crippen LogP contribution in [0.1, 0.15) is 17.2 Å². The first kappa shape index (κ1) is 14.7. The van der Waals surface area contributed by atoms with Gasteiger partial charge in [0.05, 0.1) is 13.2 Å². The van der Waals surface area contributed by atoms with Gasteiger partial charge in [0.2, 0.25) is 5.88 Å². The lowest BCUT2D eigenvalue weighted by Crippen LogP contribution is -2.30. The molecule has 0 bridgehead atoms. The summed E-state index contributed by atoms with van der Waals surface area (Å²) < 4.78 is 18.3. The van der Waals surface area contributed by atoms with Crippen LogP contribution in [0.25, 0.3) is 0 Å². The summed E-state index contributed by atoms with van der Waals surface area (Å²) in [6.45, 7) is 0. The molecule has 106 valence electrons. The number of rotatable bonds is 5. The van der Waals surface area contributed by atoms with Crippen molar-refractivity contribution in [3.8, 4) is 5.88 Å². The van der Waals surface area contributed by atoms with Gasteiger partial charge in [0.1, 0.15) is 5.82 Å².